The Morgan fingerprint density at radius 1 is 1.09 bits per heavy atom. The van der Waals surface area contributed by atoms with E-state index in [4.69, 9.17) is 0 Å². The predicted molar refractivity (Wildman–Crippen MR) is 50.6 cm³/mol. The monoisotopic (exact) mass is 216 g/mol. The molecule has 0 aromatic carbocycles. The minimum Gasteiger partial charge on any atom is -0.241 e. The van der Waals surface area contributed by atoms with Crippen molar-refractivity contribution in [1.82, 2.24) is 9.97 Å². The first kappa shape index (κ1) is 10.6. The van der Waals surface area contributed by atoms with Gasteiger partial charge in [-0.15, -0.1) is 0 Å². The normalized spacial score (nSPS) is 8.45. The van der Waals surface area contributed by atoms with E-state index in [9.17, 15) is 0 Å². The number of aryl methyl sites for hydroxylation is 2. The third-order valence-electron chi connectivity index (χ3n) is 1.14. The molecule has 0 aliphatic rings. The van der Waals surface area contributed by atoms with Gasteiger partial charge in [0.2, 0.25) is 0 Å². The van der Waals surface area contributed by atoms with Crippen molar-refractivity contribution >= 4 is 15.9 Å². The topological polar surface area (TPSA) is 25.8 Å². The van der Waals surface area contributed by atoms with Gasteiger partial charge in [-0.25, -0.2) is 9.97 Å². The summed E-state index contributed by atoms with van der Waals surface area (Å²) in [6, 6.07) is 0. The van der Waals surface area contributed by atoms with Crippen LogP contribution in [0.4, 0.5) is 0 Å². The van der Waals surface area contributed by atoms with E-state index in [1.54, 1.807) is 6.33 Å². The molecule has 1 aromatic heterocycles. The summed E-state index contributed by atoms with van der Waals surface area (Å²) < 4.78 is 1.00. The van der Waals surface area contributed by atoms with Gasteiger partial charge in [-0.2, -0.15) is 0 Å². The molecule has 2 nitrogen and oxygen atoms in total. The van der Waals surface area contributed by atoms with Gasteiger partial charge in [-0.05, 0) is 29.8 Å². The Hall–Kier alpha value is -0.440. The molecule has 3 heteroatoms. The van der Waals surface area contributed by atoms with Crippen LogP contribution in [0.1, 0.15) is 25.2 Å². The second-order valence-electron chi connectivity index (χ2n) is 1.86. The smallest absolute Gasteiger partial charge is 0.115 e. The van der Waals surface area contributed by atoms with Crippen molar-refractivity contribution in [3.05, 3.63) is 22.2 Å². The molecule has 0 aliphatic carbocycles. The van der Waals surface area contributed by atoms with E-state index < -0.39 is 0 Å². The second-order valence-corrected chi connectivity index (χ2v) is 2.65. The molecule has 0 amide bonds. The quantitative estimate of drug-likeness (QED) is 0.667. The minimum atomic E-state index is 0.988. The Labute approximate surface area is 76.2 Å². The molecular formula is C8H13BrN2. The molecular weight excluding hydrogens is 204 g/mol. The SMILES string of the molecule is CC.Cc1ncnc(C)c1Br. The minimum absolute atomic E-state index is 0.988. The number of aromatic nitrogens is 2. The van der Waals surface area contributed by atoms with E-state index >= 15 is 0 Å². The number of halogens is 1. The van der Waals surface area contributed by atoms with E-state index in [-0.39, 0.29) is 0 Å². The highest BCUT2D eigenvalue weighted by Crippen LogP contribution is 2.14. The van der Waals surface area contributed by atoms with Gasteiger partial charge in [0.25, 0.3) is 0 Å². The van der Waals surface area contributed by atoms with Crippen LogP contribution < -0.4 is 0 Å². The Balaban J connectivity index is 0.000000461. The van der Waals surface area contributed by atoms with Crippen LogP contribution in [0, 0.1) is 13.8 Å². The summed E-state index contributed by atoms with van der Waals surface area (Å²) in [7, 11) is 0. The summed E-state index contributed by atoms with van der Waals surface area (Å²) in [5, 5.41) is 0. The highest BCUT2D eigenvalue weighted by atomic mass is 79.9. The molecule has 0 bridgehead atoms. The molecule has 62 valence electrons. The molecule has 0 spiro atoms. The van der Waals surface area contributed by atoms with Gasteiger partial charge in [0.05, 0.1) is 15.9 Å². The van der Waals surface area contributed by atoms with Crippen molar-refractivity contribution in [3.63, 3.8) is 0 Å². The average molecular weight is 217 g/mol. The van der Waals surface area contributed by atoms with Gasteiger partial charge in [0.15, 0.2) is 0 Å². The molecule has 1 rings (SSSR count). The van der Waals surface area contributed by atoms with Crippen LogP contribution in [0.25, 0.3) is 0 Å². The Morgan fingerprint density at radius 3 is 1.73 bits per heavy atom. The fourth-order valence-corrected chi connectivity index (χ4v) is 0.782. The van der Waals surface area contributed by atoms with Crippen molar-refractivity contribution in [2.75, 3.05) is 0 Å². The van der Waals surface area contributed by atoms with Gasteiger partial charge in [-0.1, -0.05) is 13.8 Å². The van der Waals surface area contributed by atoms with Crippen molar-refractivity contribution in [1.29, 1.82) is 0 Å². The van der Waals surface area contributed by atoms with Crippen LogP contribution in [0.2, 0.25) is 0 Å². The van der Waals surface area contributed by atoms with Crippen LogP contribution in [-0.2, 0) is 0 Å². The maximum Gasteiger partial charge on any atom is 0.115 e. The highest BCUT2D eigenvalue weighted by Gasteiger charge is 1.97. The molecule has 0 radical (unpaired) electrons. The molecule has 0 saturated heterocycles. The van der Waals surface area contributed by atoms with Crippen LogP contribution in [-0.4, -0.2) is 9.97 Å². The summed E-state index contributed by atoms with van der Waals surface area (Å²) in [6.07, 6.45) is 1.56. The zero-order chi connectivity index (χ0) is 8.85. The Morgan fingerprint density at radius 2 is 1.45 bits per heavy atom. The van der Waals surface area contributed by atoms with E-state index in [0.717, 1.165) is 15.9 Å². The van der Waals surface area contributed by atoms with Crippen LogP contribution in [0.15, 0.2) is 10.8 Å². The van der Waals surface area contributed by atoms with Crippen molar-refractivity contribution < 1.29 is 0 Å². The molecule has 1 heterocycles. The lowest BCUT2D eigenvalue weighted by Crippen LogP contribution is -1.88. The molecule has 0 unspecified atom stereocenters. The second kappa shape index (κ2) is 5.24. The lowest BCUT2D eigenvalue weighted by atomic mass is 10.4. The van der Waals surface area contributed by atoms with E-state index in [1.807, 2.05) is 27.7 Å². The fourth-order valence-electron chi connectivity index (χ4n) is 0.577. The average Bonchev–Trinajstić information content (AvgIpc) is 2.04. The van der Waals surface area contributed by atoms with Crippen LogP contribution in [0.3, 0.4) is 0 Å². The first-order valence-electron chi connectivity index (χ1n) is 3.65. The van der Waals surface area contributed by atoms with Gasteiger partial charge < -0.3 is 0 Å². The summed E-state index contributed by atoms with van der Waals surface area (Å²) in [5.41, 5.74) is 1.98. The first-order valence-corrected chi connectivity index (χ1v) is 4.45. The van der Waals surface area contributed by atoms with Crippen LogP contribution in [0.5, 0.6) is 0 Å². The predicted octanol–water partition coefficient (Wildman–Crippen LogP) is 2.88. The zero-order valence-corrected chi connectivity index (χ0v) is 8.94. The summed E-state index contributed by atoms with van der Waals surface area (Å²) in [5.74, 6) is 0. The van der Waals surface area contributed by atoms with Crippen molar-refractivity contribution in [2.45, 2.75) is 27.7 Å². The van der Waals surface area contributed by atoms with E-state index in [2.05, 4.69) is 25.9 Å². The Bertz CT molecular complexity index is 203. The van der Waals surface area contributed by atoms with Gasteiger partial charge >= 0.3 is 0 Å². The number of rotatable bonds is 0. The standard InChI is InChI=1S/C6H7BrN2.C2H6/c1-4-6(7)5(2)9-3-8-4;1-2/h3H,1-2H3;1-2H3. The third kappa shape index (κ3) is 2.97. The molecule has 0 aliphatic heterocycles. The summed E-state index contributed by atoms with van der Waals surface area (Å²) in [6.45, 7) is 7.89. The maximum atomic E-state index is 3.98. The van der Waals surface area contributed by atoms with Crippen molar-refractivity contribution in [3.8, 4) is 0 Å². The zero-order valence-electron chi connectivity index (χ0n) is 7.35. The highest BCUT2D eigenvalue weighted by molar-refractivity contribution is 9.10. The van der Waals surface area contributed by atoms with Gasteiger partial charge in [0, 0.05) is 0 Å². The fraction of sp³-hybridized carbons (Fsp3) is 0.500. The molecule has 11 heavy (non-hydrogen) atoms. The summed E-state index contributed by atoms with van der Waals surface area (Å²) in [4.78, 5) is 7.96. The van der Waals surface area contributed by atoms with E-state index in [1.165, 1.54) is 0 Å². The molecule has 0 atom stereocenters. The van der Waals surface area contributed by atoms with Gasteiger partial charge in [0.1, 0.15) is 6.33 Å². The van der Waals surface area contributed by atoms with Crippen molar-refractivity contribution in [2.24, 2.45) is 0 Å². The maximum absolute atomic E-state index is 3.98. The first-order chi connectivity index (χ1) is 5.22. The molecule has 1 aromatic rings. The lowest BCUT2D eigenvalue weighted by molar-refractivity contribution is 1.03. The van der Waals surface area contributed by atoms with Crippen LogP contribution >= 0.6 is 15.9 Å². The molecule has 0 fully saturated rings. The largest absolute Gasteiger partial charge is 0.241 e. The third-order valence-corrected chi connectivity index (χ3v) is 2.29. The number of hydrogen-bond donors (Lipinski definition) is 0. The summed E-state index contributed by atoms with van der Waals surface area (Å²) >= 11 is 3.35. The molecule has 0 N–H and O–H groups in total. The number of hydrogen-bond acceptors (Lipinski definition) is 2. The Kier molecular flexibility index (Phi) is 5.03. The van der Waals surface area contributed by atoms with E-state index in [0.29, 0.717) is 0 Å². The molecule has 0 saturated carbocycles. The number of nitrogens with zero attached hydrogens (tertiary/aromatic N) is 2. The van der Waals surface area contributed by atoms with Gasteiger partial charge in [-0.3, -0.25) is 0 Å². The lowest BCUT2D eigenvalue weighted by Gasteiger charge is -1.96.